The number of carbonyl (C=O) groups excluding carboxylic acids is 1. The van der Waals surface area contributed by atoms with Gasteiger partial charge >= 0.3 is 0 Å². The van der Waals surface area contributed by atoms with Crippen molar-refractivity contribution in [3.05, 3.63) is 35.4 Å². The summed E-state index contributed by atoms with van der Waals surface area (Å²) in [6.45, 7) is 6.74. The Morgan fingerprint density at radius 3 is 2.96 bits per heavy atom. The third kappa shape index (κ3) is 3.93. The molecule has 2 aliphatic heterocycles. The third-order valence-electron chi connectivity index (χ3n) is 5.25. The number of piperidine rings is 2. The molecule has 1 aromatic carbocycles. The van der Waals surface area contributed by atoms with Gasteiger partial charge in [0.25, 0.3) is 0 Å². The van der Waals surface area contributed by atoms with Gasteiger partial charge in [0, 0.05) is 45.8 Å². The third-order valence-corrected chi connectivity index (χ3v) is 5.25. The maximum atomic E-state index is 12.2. The van der Waals surface area contributed by atoms with Gasteiger partial charge in [-0.3, -0.25) is 9.69 Å². The van der Waals surface area contributed by atoms with E-state index in [2.05, 4.69) is 41.0 Å². The highest BCUT2D eigenvalue weighted by molar-refractivity contribution is 5.77. The minimum absolute atomic E-state index is 0.315. The highest BCUT2D eigenvalue weighted by atomic mass is 16.5. The van der Waals surface area contributed by atoms with Gasteiger partial charge in [0.05, 0.1) is 6.61 Å². The quantitative estimate of drug-likeness (QED) is 0.836. The Labute approximate surface area is 139 Å². The number of likely N-dealkylation sites (tertiary alicyclic amines) is 2. The lowest BCUT2D eigenvalue weighted by atomic mass is 9.83. The highest BCUT2D eigenvalue weighted by Crippen LogP contribution is 2.31. The normalized spacial score (nSPS) is 25.5. The summed E-state index contributed by atoms with van der Waals surface area (Å²) in [4.78, 5) is 16.9. The molecule has 2 heterocycles. The first kappa shape index (κ1) is 16.5. The molecule has 0 radical (unpaired) electrons. The molecule has 0 bridgehead atoms. The van der Waals surface area contributed by atoms with E-state index in [1.165, 1.54) is 11.1 Å². The fourth-order valence-corrected chi connectivity index (χ4v) is 4.12. The van der Waals surface area contributed by atoms with Crippen molar-refractivity contribution in [2.75, 3.05) is 33.4 Å². The van der Waals surface area contributed by atoms with Crippen LogP contribution in [0, 0.1) is 12.8 Å². The second kappa shape index (κ2) is 7.45. The van der Waals surface area contributed by atoms with E-state index < -0.39 is 0 Å². The van der Waals surface area contributed by atoms with Crippen LogP contribution in [0.4, 0.5) is 0 Å². The number of hydrogen-bond acceptors (Lipinski definition) is 3. The number of aryl methyl sites for hydroxylation is 1. The average molecular weight is 316 g/mol. The SMILES string of the molecule is COCCN1C(=O)CC[C@@H]2CN(Cc3cccc(C)c3)CC[C@@H]21. The molecule has 0 aliphatic carbocycles. The first-order valence-electron chi connectivity index (χ1n) is 8.73. The van der Waals surface area contributed by atoms with Crippen LogP contribution in [0.3, 0.4) is 0 Å². The van der Waals surface area contributed by atoms with E-state index in [1.807, 2.05) is 0 Å². The Kier molecular flexibility index (Phi) is 5.34. The van der Waals surface area contributed by atoms with Crippen LogP contribution in [0.15, 0.2) is 24.3 Å². The summed E-state index contributed by atoms with van der Waals surface area (Å²) in [5.41, 5.74) is 2.72. The van der Waals surface area contributed by atoms with Crippen molar-refractivity contribution < 1.29 is 9.53 Å². The molecule has 0 aromatic heterocycles. The minimum atomic E-state index is 0.315. The van der Waals surface area contributed by atoms with E-state index in [1.54, 1.807) is 7.11 Å². The maximum Gasteiger partial charge on any atom is 0.222 e. The number of ether oxygens (including phenoxy) is 1. The van der Waals surface area contributed by atoms with Crippen LogP contribution >= 0.6 is 0 Å². The van der Waals surface area contributed by atoms with Gasteiger partial charge in [0.2, 0.25) is 5.91 Å². The Bertz CT molecular complexity index is 546. The monoisotopic (exact) mass is 316 g/mol. The predicted octanol–water partition coefficient (Wildman–Crippen LogP) is 2.45. The fraction of sp³-hybridized carbons (Fsp3) is 0.632. The molecule has 23 heavy (non-hydrogen) atoms. The summed E-state index contributed by atoms with van der Waals surface area (Å²) >= 11 is 0. The van der Waals surface area contributed by atoms with Gasteiger partial charge in [-0.1, -0.05) is 29.8 Å². The van der Waals surface area contributed by atoms with Crippen molar-refractivity contribution >= 4 is 5.91 Å². The summed E-state index contributed by atoms with van der Waals surface area (Å²) in [5.74, 6) is 0.929. The van der Waals surface area contributed by atoms with Crippen LogP contribution in [0.5, 0.6) is 0 Å². The Balaban J connectivity index is 1.61. The standard InChI is InChI=1S/C19H28N2O2/c1-15-4-3-5-16(12-15)13-20-9-8-18-17(14-20)6-7-19(22)21(18)10-11-23-2/h3-5,12,17-18H,6-11,13-14H2,1-2H3/t17-,18+/m1/s1. The van der Waals surface area contributed by atoms with E-state index in [0.29, 0.717) is 30.9 Å². The molecule has 2 aliphatic rings. The lowest BCUT2D eigenvalue weighted by Crippen LogP contribution is -2.56. The van der Waals surface area contributed by atoms with Gasteiger partial charge in [-0.2, -0.15) is 0 Å². The van der Waals surface area contributed by atoms with Crippen LogP contribution in [-0.4, -0.2) is 55.1 Å². The van der Waals surface area contributed by atoms with E-state index in [0.717, 1.165) is 39.0 Å². The van der Waals surface area contributed by atoms with E-state index in [4.69, 9.17) is 4.74 Å². The van der Waals surface area contributed by atoms with Crippen LogP contribution in [0.25, 0.3) is 0 Å². The lowest BCUT2D eigenvalue weighted by Gasteiger charge is -2.47. The maximum absolute atomic E-state index is 12.2. The Morgan fingerprint density at radius 2 is 2.17 bits per heavy atom. The van der Waals surface area contributed by atoms with Crippen molar-refractivity contribution in [1.82, 2.24) is 9.80 Å². The van der Waals surface area contributed by atoms with Crippen LogP contribution in [0.2, 0.25) is 0 Å². The molecule has 0 unspecified atom stereocenters. The number of carbonyl (C=O) groups is 1. The summed E-state index contributed by atoms with van der Waals surface area (Å²) in [5, 5.41) is 0. The zero-order valence-electron chi connectivity index (χ0n) is 14.3. The van der Waals surface area contributed by atoms with Crippen molar-refractivity contribution in [3.8, 4) is 0 Å². The highest BCUT2D eigenvalue weighted by Gasteiger charge is 2.38. The van der Waals surface area contributed by atoms with E-state index >= 15 is 0 Å². The summed E-state index contributed by atoms with van der Waals surface area (Å²) < 4.78 is 5.18. The average Bonchev–Trinajstić information content (AvgIpc) is 2.54. The number of fused-ring (bicyclic) bond motifs is 1. The largest absolute Gasteiger partial charge is 0.383 e. The molecule has 2 saturated heterocycles. The second-order valence-corrected chi connectivity index (χ2v) is 6.96. The van der Waals surface area contributed by atoms with Crippen LogP contribution in [0.1, 0.15) is 30.4 Å². The predicted molar refractivity (Wildman–Crippen MR) is 91.2 cm³/mol. The zero-order chi connectivity index (χ0) is 16.2. The molecule has 4 heteroatoms. The second-order valence-electron chi connectivity index (χ2n) is 6.96. The molecule has 0 spiro atoms. The van der Waals surface area contributed by atoms with Gasteiger partial charge in [-0.25, -0.2) is 0 Å². The summed E-state index contributed by atoms with van der Waals surface area (Å²) in [6.07, 6.45) is 2.83. The Morgan fingerprint density at radius 1 is 1.30 bits per heavy atom. The number of nitrogens with zero attached hydrogens (tertiary/aromatic N) is 2. The summed E-state index contributed by atoms with van der Waals surface area (Å²) in [7, 11) is 1.70. The molecule has 1 aromatic rings. The molecular formula is C19H28N2O2. The fourth-order valence-electron chi connectivity index (χ4n) is 4.12. The van der Waals surface area contributed by atoms with Crippen molar-refractivity contribution in [1.29, 1.82) is 0 Å². The first-order chi connectivity index (χ1) is 11.2. The number of amides is 1. The topological polar surface area (TPSA) is 32.8 Å². The van der Waals surface area contributed by atoms with Crippen molar-refractivity contribution in [3.63, 3.8) is 0 Å². The molecule has 0 saturated carbocycles. The van der Waals surface area contributed by atoms with Crippen molar-refractivity contribution in [2.45, 2.75) is 38.8 Å². The molecule has 126 valence electrons. The molecule has 0 N–H and O–H groups in total. The zero-order valence-corrected chi connectivity index (χ0v) is 14.3. The van der Waals surface area contributed by atoms with E-state index in [-0.39, 0.29) is 0 Å². The van der Waals surface area contributed by atoms with Crippen LogP contribution in [-0.2, 0) is 16.1 Å². The molecule has 3 rings (SSSR count). The van der Waals surface area contributed by atoms with Crippen molar-refractivity contribution in [2.24, 2.45) is 5.92 Å². The molecule has 2 atom stereocenters. The number of rotatable bonds is 5. The van der Waals surface area contributed by atoms with Gasteiger partial charge in [-0.15, -0.1) is 0 Å². The molecular weight excluding hydrogens is 288 g/mol. The number of hydrogen-bond donors (Lipinski definition) is 0. The van der Waals surface area contributed by atoms with Gasteiger partial charge < -0.3 is 9.64 Å². The number of methoxy groups -OCH3 is 1. The minimum Gasteiger partial charge on any atom is -0.383 e. The molecule has 2 fully saturated rings. The van der Waals surface area contributed by atoms with Gasteiger partial charge in [0.1, 0.15) is 0 Å². The van der Waals surface area contributed by atoms with E-state index in [9.17, 15) is 4.79 Å². The first-order valence-corrected chi connectivity index (χ1v) is 8.73. The molecule has 1 amide bonds. The Hall–Kier alpha value is -1.39. The smallest absolute Gasteiger partial charge is 0.222 e. The van der Waals surface area contributed by atoms with Gasteiger partial charge in [0.15, 0.2) is 0 Å². The molecule has 4 nitrogen and oxygen atoms in total. The van der Waals surface area contributed by atoms with Crippen LogP contribution < -0.4 is 0 Å². The number of benzene rings is 1. The summed E-state index contributed by atoms with van der Waals surface area (Å²) in [6, 6.07) is 9.20. The lowest BCUT2D eigenvalue weighted by molar-refractivity contribution is -0.142. The van der Waals surface area contributed by atoms with Gasteiger partial charge in [-0.05, 0) is 31.2 Å².